The molecule has 1 fully saturated rings. The molecule has 1 amide bonds. The van der Waals surface area contributed by atoms with E-state index >= 15 is 0 Å². The Morgan fingerprint density at radius 3 is 2.85 bits per heavy atom. The second-order valence-corrected chi connectivity index (χ2v) is 5.73. The molecule has 0 aromatic heterocycles. The number of nitrogens with one attached hydrogen (secondary N) is 1. The maximum atomic E-state index is 11.8. The third kappa shape index (κ3) is 5.31. The van der Waals surface area contributed by atoms with Gasteiger partial charge in [-0.05, 0) is 42.9 Å². The molecule has 1 aromatic carbocycles. The average Bonchev–Trinajstić information content (AvgIpc) is 2.75. The van der Waals surface area contributed by atoms with Crippen LogP contribution < -0.4 is 11.1 Å². The number of hydrogen-bond donors (Lipinski definition) is 2. The van der Waals surface area contributed by atoms with E-state index in [4.69, 9.17) is 17.3 Å². The number of rotatable bonds is 5. The average molecular weight is 317 g/mol. The predicted molar refractivity (Wildman–Crippen MR) is 85.3 cm³/mol. The number of carbonyl (C=O) groups is 1. The molecule has 1 saturated carbocycles. The van der Waals surface area contributed by atoms with Crippen LogP contribution in [-0.4, -0.2) is 18.5 Å². The largest absolute Gasteiger partial charge is 0.356 e. The second-order valence-electron chi connectivity index (χ2n) is 5.29. The Morgan fingerprint density at radius 2 is 2.20 bits per heavy atom. The molecule has 1 aromatic rings. The van der Waals surface area contributed by atoms with Crippen LogP contribution in [0, 0.1) is 5.92 Å². The summed E-state index contributed by atoms with van der Waals surface area (Å²) in [5.41, 5.74) is 7.11. The topological polar surface area (TPSA) is 55.1 Å². The zero-order chi connectivity index (χ0) is 13.7. The number of carbonyl (C=O) groups excluding carboxylic acids is 1. The van der Waals surface area contributed by atoms with Crippen molar-refractivity contribution >= 4 is 29.9 Å². The van der Waals surface area contributed by atoms with Gasteiger partial charge in [0.15, 0.2) is 0 Å². The number of halogens is 2. The van der Waals surface area contributed by atoms with Crippen molar-refractivity contribution < 1.29 is 4.79 Å². The number of hydrogen-bond acceptors (Lipinski definition) is 2. The standard InChI is InChI=1S/C15H21ClN2O.ClH/c16-13-5-1-3-11(9-13)7-8-18-15(19)10-12-4-2-6-14(12)17;/h1,3,5,9,12,14H,2,4,6-8,10,17H2,(H,18,19);1H/t12-,14+;/m0./s1. The summed E-state index contributed by atoms with van der Waals surface area (Å²) in [6.07, 6.45) is 4.67. The molecule has 0 saturated heterocycles. The minimum absolute atomic E-state index is 0. The van der Waals surface area contributed by atoms with Gasteiger partial charge in [0.1, 0.15) is 0 Å². The van der Waals surface area contributed by atoms with Gasteiger partial charge in [0.2, 0.25) is 5.91 Å². The maximum Gasteiger partial charge on any atom is 0.220 e. The lowest BCUT2D eigenvalue weighted by Crippen LogP contribution is -2.32. The molecule has 0 spiro atoms. The van der Waals surface area contributed by atoms with Crippen molar-refractivity contribution in [3.05, 3.63) is 34.9 Å². The van der Waals surface area contributed by atoms with Crippen molar-refractivity contribution in [2.75, 3.05) is 6.54 Å². The zero-order valence-electron chi connectivity index (χ0n) is 11.5. The van der Waals surface area contributed by atoms with Crippen LogP contribution in [0.15, 0.2) is 24.3 Å². The molecule has 1 aliphatic rings. The quantitative estimate of drug-likeness (QED) is 0.877. The molecule has 2 rings (SSSR count). The van der Waals surface area contributed by atoms with E-state index in [1.54, 1.807) is 0 Å². The maximum absolute atomic E-state index is 11.8. The Labute approximate surface area is 131 Å². The van der Waals surface area contributed by atoms with Crippen LogP contribution in [0.1, 0.15) is 31.2 Å². The van der Waals surface area contributed by atoms with Crippen molar-refractivity contribution in [2.24, 2.45) is 11.7 Å². The van der Waals surface area contributed by atoms with Gasteiger partial charge in [-0.25, -0.2) is 0 Å². The van der Waals surface area contributed by atoms with E-state index in [-0.39, 0.29) is 24.4 Å². The molecule has 0 aliphatic heterocycles. The summed E-state index contributed by atoms with van der Waals surface area (Å²) in [5.74, 6) is 0.482. The summed E-state index contributed by atoms with van der Waals surface area (Å²) in [7, 11) is 0. The molecule has 112 valence electrons. The van der Waals surface area contributed by atoms with E-state index in [0.717, 1.165) is 36.3 Å². The first-order valence-electron chi connectivity index (χ1n) is 6.92. The van der Waals surface area contributed by atoms with Gasteiger partial charge in [-0.15, -0.1) is 12.4 Å². The van der Waals surface area contributed by atoms with Crippen LogP contribution >= 0.6 is 24.0 Å². The van der Waals surface area contributed by atoms with E-state index in [0.29, 0.717) is 18.9 Å². The highest BCUT2D eigenvalue weighted by Gasteiger charge is 2.25. The summed E-state index contributed by atoms with van der Waals surface area (Å²) < 4.78 is 0. The van der Waals surface area contributed by atoms with Crippen molar-refractivity contribution in [3.8, 4) is 0 Å². The van der Waals surface area contributed by atoms with Crippen LogP contribution in [-0.2, 0) is 11.2 Å². The highest BCUT2D eigenvalue weighted by atomic mass is 35.5. The molecule has 2 atom stereocenters. The van der Waals surface area contributed by atoms with Crippen molar-refractivity contribution in [1.82, 2.24) is 5.32 Å². The minimum Gasteiger partial charge on any atom is -0.356 e. The van der Waals surface area contributed by atoms with Crippen LogP contribution in [0.2, 0.25) is 5.02 Å². The van der Waals surface area contributed by atoms with Gasteiger partial charge in [-0.1, -0.05) is 30.2 Å². The van der Waals surface area contributed by atoms with E-state index in [2.05, 4.69) is 5.32 Å². The Hall–Kier alpha value is -0.770. The molecule has 3 N–H and O–H groups in total. The van der Waals surface area contributed by atoms with E-state index in [1.165, 1.54) is 0 Å². The molecule has 0 unspecified atom stereocenters. The molecule has 0 radical (unpaired) electrons. The number of benzene rings is 1. The van der Waals surface area contributed by atoms with Crippen molar-refractivity contribution in [2.45, 2.75) is 38.1 Å². The van der Waals surface area contributed by atoms with Crippen molar-refractivity contribution in [1.29, 1.82) is 0 Å². The third-order valence-corrected chi connectivity index (χ3v) is 4.03. The van der Waals surface area contributed by atoms with Crippen molar-refractivity contribution in [3.63, 3.8) is 0 Å². The van der Waals surface area contributed by atoms with Gasteiger partial charge in [0.25, 0.3) is 0 Å². The third-order valence-electron chi connectivity index (χ3n) is 3.79. The first kappa shape index (κ1) is 17.3. The Balaban J connectivity index is 0.00000200. The highest BCUT2D eigenvalue weighted by molar-refractivity contribution is 6.30. The lowest BCUT2D eigenvalue weighted by Gasteiger charge is -2.14. The Kier molecular flexibility index (Phi) is 7.35. The zero-order valence-corrected chi connectivity index (χ0v) is 13.1. The van der Waals surface area contributed by atoms with Gasteiger partial charge in [0, 0.05) is 24.0 Å². The summed E-state index contributed by atoms with van der Waals surface area (Å²) in [5, 5.41) is 3.70. The van der Waals surface area contributed by atoms with Crippen LogP contribution in [0.4, 0.5) is 0 Å². The highest BCUT2D eigenvalue weighted by Crippen LogP contribution is 2.26. The summed E-state index contributed by atoms with van der Waals surface area (Å²) in [6.45, 7) is 0.654. The minimum atomic E-state index is 0. The van der Waals surface area contributed by atoms with E-state index in [9.17, 15) is 4.79 Å². The molecule has 0 bridgehead atoms. The lowest BCUT2D eigenvalue weighted by molar-refractivity contribution is -0.122. The fraction of sp³-hybridized carbons (Fsp3) is 0.533. The summed E-state index contributed by atoms with van der Waals surface area (Å²) in [4.78, 5) is 11.8. The first-order valence-corrected chi connectivity index (χ1v) is 7.29. The molecule has 3 nitrogen and oxygen atoms in total. The fourth-order valence-corrected chi connectivity index (χ4v) is 2.88. The van der Waals surface area contributed by atoms with Gasteiger partial charge in [0.05, 0.1) is 0 Å². The Morgan fingerprint density at radius 1 is 1.40 bits per heavy atom. The van der Waals surface area contributed by atoms with Crippen LogP contribution in [0.3, 0.4) is 0 Å². The first-order chi connectivity index (χ1) is 9.15. The normalized spacial score (nSPS) is 21.3. The van der Waals surface area contributed by atoms with Crippen LogP contribution in [0.5, 0.6) is 0 Å². The molecule has 1 aliphatic carbocycles. The van der Waals surface area contributed by atoms with E-state index in [1.807, 2.05) is 24.3 Å². The number of nitrogens with two attached hydrogens (primary N) is 1. The molecule has 20 heavy (non-hydrogen) atoms. The van der Waals surface area contributed by atoms with E-state index < -0.39 is 0 Å². The summed E-state index contributed by atoms with van der Waals surface area (Å²) in [6, 6.07) is 7.94. The number of amides is 1. The summed E-state index contributed by atoms with van der Waals surface area (Å²) >= 11 is 5.91. The predicted octanol–water partition coefficient (Wildman–Crippen LogP) is 2.94. The van der Waals surface area contributed by atoms with Crippen LogP contribution in [0.25, 0.3) is 0 Å². The molecular formula is C15H22Cl2N2O. The molecule has 5 heteroatoms. The smallest absolute Gasteiger partial charge is 0.220 e. The monoisotopic (exact) mass is 316 g/mol. The lowest BCUT2D eigenvalue weighted by atomic mass is 10.00. The Bertz CT molecular complexity index is 440. The van der Waals surface area contributed by atoms with Gasteiger partial charge in [-0.2, -0.15) is 0 Å². The van der Waals surface area contributed by atoms with Gasteiger partial charge < -0.3 is 11.1 Å². The fourth-order valence-electron chi connectivity index (χ4n) is 2.67. The van der Waals surface area contributed by atoms with Gasteiger partial charge in [-0.3, -0.25) is 4.79 Å². The molecular weight excluding hydrogens is 295 g/mol. The second kappa shape index (κ2) is 8.50. The SMILES string of the molecule is Cl.N[C@@H]1CCC[C@H]1CC(=O)NCCc1cccc(Cl)c1. The van der Waals surface area contributed by atoms with Gasteiger partial charge >= 0.3 is 0 Å². The molecule has 0 heterocycles.